The second kappa shape index (κ2) is 6.34. The van der Waals surface area contributed by atoms with Crippen LogP contribution in [0, 0.1) is 29.1 Å². The van der Waals surface area contributed by atoms with Crippen LogP contribution >= 0.6 is 15.9 Å². The average molecular weight is 403 g/mol. The van der Waals surface area contributed by atoms with Gasteiger partial charge in [-0.2, -0.15) is 10.4 Å². The van der Waals surface area contributed by atoms with Crippen molar-refractivity contribution in [3.8, 4) is 6.07 Å². The van der Waals surface area contributed by atoms with Gasteiger partial charge in [0.15, 0.2) is 0 Å². The van der Waals surface area contributed by atoms with Gasteiger partial charge in [-0.25, -0.2) is 4.52 Å². The molecule has 2 fully saturated rings. The summed E-state index contributed by atoms with van der Waals surface area (Å²) in [6.45, 7) is 3.91. The second-order valence-electron chi connectivity index (χ2n) is 6.79. The van der Waals surface area contributed by atoms with Gasteiger partial charge < -0.3 is 9.64 Å². The number of anilines is 1. The van der Waals surface area contributed by atoms with Crippen molar-refractivity contribution in [1.29, 1.82) is 5.26 Å². The van der Waals surface area contributed by atoms with E-state index in [-0.39, 0.29) is 11.9 Å². The second-order valence-corrected chi connectivity index (χ2v) is 7.70. The monoisotopic (exact) mass is 402 g/mol. The molecular weight excluding hydrogens is 384 g/mol. The van der Waals surface area contributed by atoms with E-state index in [1.807, 2.05) is 19.2 Å². The van der Waals surface area contributed by atoms with Crippen LogP contribution in [0.2, 0.25) is 0 Å². The summed E-state index contributed by atoms with van der Waals surface area (Å²) in [6, 6.07) is 4.27. The number of carbonyl (C=O) groups is 1. The predicted molar refractivity (Wildman–Crippen MR) is 96.2 cm³/mol. The number of piperidine rings is 1. The molecule has 0 radical (unpaired) electrons. The maximum absolute atomic E-state index is 12.3. The zero-order chi connectivity index (χ0) is 17.6. The smallest absolute Gasteiger partial charge is 0.309 e. The summed E-state index contributed by atoms with van der Waals surface area (Å²) in [5, 5.41) is 13.7. The summed E-state index contributed by atoms with van der Waals surface area (Å²) in [5.41, 5.74) is 2.41. The molecule has 2 unspecified atom stereocenters. The number of fused-ring (bicyclic) bond motifs is 3. The molecule has 1 saturated heterocycles. The highest BCUT2D eigenvalue weighted by Gasteiger charge is 2.47. The van der Waals surface area contributed by atoms with Crippen LogP contribution in [0.1, 0.15) is 25.3 Å². The maximum Gasteiger partial charge on any atom is 0.309 e. The fourth-order valence-electron chi connectivity index (χ4n) is 4.43. The van der Waals surface area contributed by atoms with Crippen molar-refractivity contribution >= 4 is 33.1 Å². The maximum atomic E-state index is 12.3. The highest BCUT2D eigenvalue weighted by atomic mass is 79.9. The van der Waals surface area contributed by atoms with Crippen molar-refractivity contribution in [1.82, 2.24) is 9.61 Å². The van der Waals surface area contributed by atoms with Crippen LogP contribution in [-0.4, -0.2) is 35.3 Å². The fourth-order valence-corrected chi connectivity index (χ4v) is 4.84. The predicted octanol–water partition coefficient (Wildman–Crippen LogP) is 2.99. The first-order chi connectivity index (χ1) is 12.1. The lowest BCUT2D eigenvalue weighted by atomic mass is 9.85. The first-order valence-electron chi connectivity index (χ1n) is 8.61. The molecule has 25 heavy (non-hydrogen) atoms. The molecule has 3 heterocycles. The highest BCUT2D eigenvalue weighted by Crippen LogP contribution is 2.44. The average Bonchev–Trinajstić information content (AvgIpc) is 3.12. The molecule has 1 saturated carbocycles. The third-order valence-corrected chi connectivity index (χ3v) is 5.85. The molecule has 6 nitrogen and oxygen atoms in total. The van der Waals surface area contributed by atoms with Gasteiger partial charge in [-0.15, -0.1) is 0 Å². The van der Waals surface area contributed by atoms with E-state index in [1.165, 1.54) is 0 Å². The molecule has 2 aliphatic rings. The molecule has 130 valence electrons. The van der Waals surface area contributed by atoms with Crippen molar-refractivity contribution in [2.45, 2.75) is 19.8 Å². The Bertz CT molecular complexity index is 858. The number of hydrogen-bond donors (Lipinski definition) is 0. The normalized spacial score (nSPS) is 25.2. The van der Waals surface area contributed by atoms with Crippen molar-refractivity contribution < 1.29 is 9.53 Å². The van der Waals surface area contributed by atoms with Crippen LogP contribution in [0.3, 0.4) is 0 Å². The third-order valence-electron chi connectivity index (χ3n) is 5.41. The zero-order valence-corrected chi connectivity index (χ0v) is 15.6. The summed E-state index contributed by atoms with van der Waals surface area (Å²) in [7, 11) is 0. The molecule has 1 aliphatic heterocycles. The molecule has 1 aliphatic carbocycles. The summed E-state index contributed by atoms with van der Waals surface area (Å²) in [5.74, 6) is 0.589. The number of rotatable bonds is 3. The van der Waals surface area contributed by atoms with E-state index in [1.54, 1.807) is 10.7 Å². The first kappa shape index (κ1) is 16.4. The standard InChI is InChI=1S/C18H19BrN4O2/c1-2-25-18(24)16-11-3-4-12(16)9-22(8-11)15-5-14(19)10-23-17(15)13(6-20)7-21-23/h5,7,10-12,16H,2-4,8-9H2,1H3. The molecule has 4 rings (SSSR count). The Balaban J connectivity index is 1.69. The Kier molecular flexibility index (Phi) is 4.16. The summed E-state index contributed by atoms with van der Waals surface area (Å²) >= 11 is 3.54. The molecule has 0 spiro atoms. The number of esters is 1. The Morgan fingerprint density at radius 3 is 2.80 bits per heavy atom. The number of hydrogen-bond acceptors (Lipinski definition) is 5. The molecule has 2 aromatic heterocycles. The lowest BCUT2D eigenvalue weighted by Gasteiger charge is -2.38. The van der Waals surface area contributed by atoms with Gasteiger partial charge in [-0.1, -0.05) is 0 Å². The third kappa shape index (κ3) is 2.69. The lowest BCUT2D eigenvalue weighted by molar-refractivity contribution is -0.151. The Morgan fingerprint density at radius 1 is 1.44 bits per heavy atom. The Morgan fingerprint density at radius 2 is 2.16 bits per heavy atom. The fraction of sp³-hybridized carbons (Fsp3) is 0.500. The number of carbonyl (C=O) groups excluding carboxylic acids is 1. The largest absolute Gasteiger partial charge is 0.466 e. The SMILES string of the molecule is CCOC(=O)C1C2CCC1CN(c1cc(Br)cn3ncc(C#N)c13)C2. The number of ether oxygens (including phenoxy) is 1. The van der Waals surface area contributed by atoms with Crippen LogP contribution in [0.25, 0.3) is 5.52 Å². The van der Waals surface area contributed by atoms with Gasteiger partial charge in [0.2, 0.25) is 0 Å². The van der Waals surface area contributed by atoms with E-state index in [9.17, 15) is 10.1 Å². The van der Waals surface area contributed by atoms with E-state index in [4.69, 9.17) is 4.74 Å². The highest BCUT2D eigenvalue weighted by molar-refractivity contribution is 9.10. The molecular formula is C18H19BrN4O2. The Labute approximate surface area is 154 Å². The first-order valence-corrected chi connectivity index (χ1v) is 9.40. The van der Waals surface area contributed by atoms with Gasteiger partial charge in [0.1, 0.15) is 11.6 Å². The number of aromatic nitrogens is 2. The zero-order valence-electron chi connectivity index (χ0n) is 14.0. The van der Waals surface area contributed by atoms with Gasteiger partial charge in [0, 0.05) is 23.8 Å². The molecule has 0 amide bonds. The van der Waals surface area contributed by atoms with Crippen LogP contribution in [-0.2, 0) is 9.53 Å². The minimum atomic E-state index is -0.0453. The van der Waals surface area contributed by atoms with Crippen LogP contribution in [0.4, 0.5) is 5.69 Å². The molecule has 7 heteroatoms. The minimum absolute atomic E-state index is 0.0136. The van der Waals surface area contributed by atoms with Crippen molar-refractivity contribution in [3.05, 3.63) is 28.5 Å². The summed E-state index contributed by atoms with van der Waals surface area (Å²) < 4.78 is 7.96. The molecule has 2 bridgehead atoms. The van der Waals surface area contributed by atoms with E-state index in [2.05, 4.69) is 32.0 Å². The van der Waals surface area contributed by atoms with Gasteiger partial charge in [-0.3, -0.25) is 4.79 Å². The molecule has 0 aromatic carbocycles. The number of halogens is 1. The molecule has 2 atom stereocenters. The van der Waals surface area contributed by atoms with Crippen LogP contribution in [0.5, 0.6) is 0 Å². The minimum Gasteiger partial charge on any atom is -0.466 e. The quantitative estimate of drug-likeness (QED) is 0.737. The Hall–Kier alpha value is -2.07. The van der Waals surface area contributed by atoms with E-state index >= 15 is 0 Å². The lowest BCUT2D eigenvalue weighted by Crippen LogP contribution is -2.45. The molecule has 0 N–H and O–H groups in total. The van der Waals surface area contributed by atoms with Crippen molar-refractivity contribution in [2.24, 2.45) is 17.8 Å². The van der Waals surface area contributed by atoms with Gasteiger partial charge in [-0.05, 0) is 53.6 Å². The van der Waals surface area contributed by atoms with E-state index in [0.29, 0.717) is 24.0 Å². The van der Waals surface area contributed by atoms with E-state index in [0.717, 1.165) is 41.6 Å². The van der Waals surface area contributed by atoms with Gasteiger partial charge >= 0.3 is 5.97 Å². The van der Waals surface area contributed by atoms with Crippen molar-refractivity contribution in [2.75, 3.05) is 24.6 Å². The summed E-state index contributed by atoms with van der Waals surface area (Å²) in [4.78, 5) is 14.6. The van der Waals surface area contributed by atoms with Gasteiger partial charge in [0.05, 0.1) is 30.0 Å². The topological polar surface area (TPSA) is 70.6 Å². The summed E-state index contributed by atoms with van der Waals surface area (Å²) in [6.07, 6.45) is 5.57. The number of nitriles is 1. The molecule has 2 aromatic rings. The van der Waals surface area contributed by atoms with Gasteiger partial charge in [0.25, 0.3) is 0 Å². The van der Waals surface area contributed by atoms with Crippen LogP contribution in [0.15, 0.2) is 22.9 Å². The van der Waals surface area contributed by atoms with Crippen LogP contribution < -0.4 is 4.90 Å². The number of nitrogens with zero attached hydrogens (tertiary/aromatic N) is 4. The van der Waals surface area contributed by atoms with Crippen molar-refractivity contribution in [3.63, 3.8) is 0 Å². The number of pyridine rings is 1. The van der Waals surface area contributed by atoms with E-state index < -0.39 is 0 Å².